The Morgan fingerprint density at radius 1 is 1.11 bits per heavy atom. The molecule has 1 aliphatic rings. The number of anilines is 1. The normalized spacial score (nSPS) is 17.5. The van der Waals surface area contributed by atoms with Crippen LogP contribution in [0.2, 0.25) is 0 Å². The molecule has 0 saturated heterocycles. The number of para-hydroxylation sites is 1. The maximum atomic E-state index is 15.4. The van der Waals surface area contributed by atoms with Gasteiger partial charge < -0.3 is 15.3 Å². The quantitative estimate of drug-likeness (QED) is 0.128. The summed E-state index contributed by atoms with van der Waals surface area (Å²) >= 11 is 0. The third-order valence-electron chi connectivity index (χ3n) is 9.32. The lowest BCUT2D eigenvalue weighted by atomic mass is 9.79. The van der Waals surface area contributed by atoms with E-state index in [1.54, 1.807) is 24.3 Å². The second-order valence-corrected chi connectivity index (χ2v) is 13.2. The highest BCUT2D eigenvalue weighted by atomic mass is 19.3. The Hall–Kier alpha value is -4.18. The predicted molar refractivity (Wildman–Crippen MR) is 182 cm³/mol. The van der Waals surface area contributed by atoms with Crippen molar-refractivity contribution >= 4 is 22.7 Å². The van der Waals surface area contributed by atoms with E-state index in [-0.39, 0.29) is 24.6 Å². The summed E-state index contributed by atoms with van der Waals surface area (Å²) in [5.41, 5.74) is 2.32. The van der Waals surface area contributed by atoms with Crippen LogP contribution in [0.4, 0.5) is 14.6 Å². The average molecular weight is 645 g/mol. The largest absolute Gasteiger partial charge is 0.481 e. The molecule has 2 N–H and O–H groups in total. The standard InChI is InChI=1S/C37H46F2N6O2/c1-5-20-37(38,39)34-29(24-41-45(34)30-18-16-27(17-19-30)21-33(46)47)23-40-22-28-14-12-26(13-15-28)11-10-25(2)35-42-32-9-7-6-8-31(32)36(43-35)44(3)4/h5-9,16-19,24-26,28,40H,1,10-15,20-23H2,2-4H3,(H,46,47). The molecule has 0 aliphatic heterocycles. The Labute approximate surface area is 275 Å². The molecule has 0 radical (unpaired) electrons. The number of alkyl halides is 2. The van der Waals surface area contributed by atoms with Crippen LogP contribution in [-0.2, 0) is 23.7 Å². The smallest absolute Gasteiger partial charge is 0.307 e. The molecule has 1 fully saturated rings. The van der Waals surface area contributed by atoms with Gasteiger partial charge >= 0.3 is 5.97 Å². The van der Waals surface area contributed by atoms with E-state index in [1.807, 2.05) is 26.2 Å². The van der Waals surface area contributed by atoms with Crippen molar-refractivity contribution < 1.29 is 18.7 Å². The van der Waals surface area contributed by atoms with E-state index in [9.17, 15) is 4.79 Å². The van der Waals surface area contributed by atoms with Crippen LogP contribution in [0.15, 0.2) is 67.4 Å². The molecule has 250 valence electrons. The lowest BCUT2D eigenvalue weighted by molar-refractivity contribution is -0.136. The topological polar surface area (TPSA) is 96.2 Å². The van der Waals surface area contributed by atoms with Gasteiger partial charge in [-0.3, -0.25) is 4.79 Å². The van der Waals surface area contributed by atoms with Gasteiger partial charge in [-0.25, -0.2) is 14.6 Å². The number of nitrogens with zero attached hydrogens (tertiary/aromatic N) is 5. The summed E-state index contributed by atoms with van der Waals surface area (Å²) in [6, 6.07) is 14.7. The molecule has 0 amide bonds. The minimum Gasteiger partial charge on any atom is -0.481 e. The second-order valence-electron chi connectivity index (χ2n) is 13.2. The number of allylic oxidation sites excluding steroid dienone is 1. The Morgan fingerprint density at radius 3 is 2.49 bits per heavy atom. The van der Waals surface area contributed by atoms with Gasteiger partial charge in [0.15, 0.2) is 0 Å². The highest BCUT2D eigenvalue weighted by Gasteiger charge is 2.37. The highest BCUT2D eigenvalue weighted by molar-refractivity contribution is 5.89. The summed E-state index contributed by atoms with van der Waals surface area (Å²) in [7, 11) is 4.04. The van der Waals surface area contributed by atoms with Crippen molar-refractivity contribution in [3.8, 4) is 5.69 Å². The van der Waals surface area contributed by atoms with Crippen molar-refractivity contribution in [2.75, 3.05) is 25.5 Å². The van der Waals surface area contributed by atoms with E-state index < -0.39 is 18.3 Å². The molecular weight excluding hydrogens is 598 g/mol. The van der Waals surface area contributed by atoms with Gasteiger partial charge in [0.2, 0.25) is 0 Å². The van der Waals surface area contributed by atoms with Gasteiger partial charge in [0.1, 0.15) is 17.3 Å². The summed E-state index contributed by atoms with van der Waals surface area (Å²) in [5.74, 6) is -0.790. The summed E-state index contributed by atoms with van der Waals surface area (Å²) in [6.07, 6.45) is 8.85. The maximum absolute atomic E-state index is 15.4. The molecule has 1 saturated carbocycles. The fourth-order valence-electron chi connectivity index (χ4n) is 6.69. The van der Waals surface area contributed by atoms with E-state index >= 15 is 8.78 Å². The number of nitrogens with one attached hydrogen (secondary N) is 1. The molecule has 0 bridgehead atoms. The molecule has 4 aromatic rings. The molecular formula is C37H46F2N6O2. The van der Waals surface area contributed by atoms with Crippen molar-refractivity contribution in [2.24, 2.45) is 11.8 Å². The Morgan fingerprint density at radius 2 is 1.81 bits per heavy atom. The Balaban J connectivity index is 1.14. The van der Waals surface area contributed by atoms with Crippen molar-refractivity contribution in [3.05, 3.63) is 90.0 Å². The maximum Gasteiger partial charge on any atom is 0.307 e. The van der Waals surface area contributed by atoms with Crippen molar-refractivity contribution in [3.63, 3.8) is 0 Å². The molecule has 1 atom stereocenters. The zero-order valence-corrected chi connectivity index (χ0v) is 27.6. The molecule has 47 heavy (non-hydrogen) atoms. The van der Waals surface area contributed by atoms with Gasteiger partial charge in [-0.05, 0) is 73.9 Å². The summed E-state index contributed by atoms with van der Waals surface area (Å²) in [6.45, 7) is 6.81. The fourth-order valence-corrected chi connectivity index (χ4v) is 6.69. The lowest BCUT2D eigenvalue weighted by Crippen LogP contribution is -2.28. The number of hydrogen-bond donors (Lipinski definition) is 2. The SMILES string of the molecule is C=CCC(F)(F)c1c(CNCC2CCC(CCC(C)c3nc(N(C)C)c4ccccc4n3)CC2)cnn1-c1ccc(CC(=O)O)cc1. The Kier molecular flexibility index (Phi) is 11.0. The molecule has 1 aliphatic carbocycles. The molecule has 0 spiro atoms. The minimum absolute atomic E-state index is 0.132. The van der Waals surface area contributed by atoms with Crippen LogP contribution in [0.5, 0.6) is 0 Å². The monoisotopic (exact) mass is 644 g/mol. The number of carboxylic acid groups (broad SMARTS) is 1. The van der Waals surface area contributed by atoms with Crippen LogP contribution >= 0.6 is 0 Å². The molecule has 1 unspecified atom stereocenters. The fraction of sp³-hybridized carbons (Fsp3) is 0.459. The van der Waals surface area contributed by atoms with E-state index in [4.69, 9.17) is 15.1 Å². The van der Waals surface area contributed by atoms with E-state index in [1.165, 1.54) is 29.8 Å². The summed E-state index contributed by atoms with van der Waals surface area (Å²) < 4.78 is 32.0. The third kappa shape index (κ3) is 8.41. The first kappa shape index (κ1) is 34.2. The lowest BCUT2D eigenvalue weighted by Gasteiger charge is -2.29. The molecule has 8 nitrogen and oxygen atoms in total. The van der Waals surface area contributed by atoms with Crippen LogP contribution in [0.1, 0.15) is 80.4 Å². The number of fused-ring (bicyclic) bond motifs is 1. The van der Waals surface area contributed by atoms with Gasteiger partial charge in [0.25, 0.3) is 5.92 Å². The van der Waals surface area contributed by atoms with Crippen molar-refractivity contribution in [1.82, 2.24) is 25.1 Å². The van der Waals surface area contributed by atoms with Gasteiger partial charge in [0.05, 0.1) is 23.8 Å². The minimum atomic E-state index is -3.16. The van der Waals surface area contributed by atoms with Crippen LogP contribution < -0.4 is 10.2 Å². The van der Waals surface area contributed by atoms with Gasteiger partial charge in [0, 0.05) is 43.9 Å². The highest BCUT2D eigenvalue weighted by Crippen LogP contribution is 2.37. The number of carbonyl (C=O) groups is 1. The predicted octanol–water partition coefficient (Wildman–Crippen LogP) is 7.66. The van der Waals surface area contributed by atoms with E-state index in [0.717, 1.165) is 54.8 Å². The molecule has 5 rings (SSSR count). The van der Waals surface area contributed by atoms with Crippen molar-refractivity contribution in [2.45, 2.75) is 76.7 Å². The van der Waals surface area contributed by atoms with Gasteiger partial charge in [-0.1, -0.05) is 50.1 Å². The molecule has 2 heterocycles. The first-order chi connectivity index (χ1) is 22.6. The van der Waals surface area contributed by atoms with E-state index in [2.05, 4.69) is 41.0 Å². The van der Waals surface area contributed by atoms with Crippen molar-refractivity contribution in [1.29, 1.82) is 0 Å². The second kappa shape index (κ2) is 15.2. The first-order valence-electron chi connectivity index (χ1n) is 16.6. The van der Waals surface area contributed by atoms with Crippen LogP contribution in [-0.4, -0.2) is 51.5 Å². The number of carboxylic acids is 1. The molecule has 2 aromatic carbocycles. The number of rotatable bonds is 15. The number of aromatic nitrogens is 4. The summed E-state index contributed by atoms with van der Waals surface area (Å²) in [4.78, 5) is 22.9. The number of halogens is 2. The van der Waals surface area contributed by atoms with Gasteiger partial charge in [-0.2, -0.15) is 13.9 Å². The average Bonchev–Trinajstić information content (AvgIpc) is 3.48. The Bertz CT molecular complexity index is 1660. The zero-order valence-electron chi connectivity index (χ0n) is 27.6. The summed E-state index contributed by atoms with van der Waals surface area (Å²) in [5, 5.41) is 17.9. The van der Waals surface area contributed by atoms with E-state index in [0.29, 0.717) is 28.7 Å². The third-order valence-corrected chi connectivity index (χ3v) is 9.32. The number of aliphatic carboxylic acids is 1. The van der Waals surface area contributed by atoms with Crippen LogP contribution in [0.3, 0.4) is 0 Å². The van der Waals surface area contributed by atoms with Gasteiger partial charge in [-0.15, -0.1) is 6.58 Å². The zero-order chi connectivity index (χ0) is 33.6. The molecule has 10 heteroatoms. The van der Waals surface area contributed by atoms with Crippen LogP contribution in [0, 0.1) is 11.8 Å². The number of benzene rings is 2. The molecule has 2 aromatic heterocycles. The number of hydrogen-bond acceptors (Lipinski definition) is 6. The van der Waals surface area contributed by atoms with Crippen LogP contribution in [0.25, 0.3) is 16.6 Å². The first-order valence-corrected chi connectivity index (χ1v) is 16.6.